The van der Waals surface area contributed by atoms with E-state index >= 15 is 0 Å². The maximum absolute atomic E-state index is 5.59. The third-order valence-corrected chi connectivity index (χ3v) is 3.08. The molecule has 0 aliphatic carbocycles. The Hall–Kier alpha value is -2.13. The predicted molar refractivity (Wildman–Crippen MR) is 72.1 cm³/mol. The zero-order valence-electron chi connectivity index (χ0n) is 10.2. The Morgan fingerprint density at radius 1 is 1.11 bits per heavy atom. The van der Waals surface area contributed by atoms with Crippen LogP contribution in [0.15, 0.2) is 47.0 Å². The molecule has 0 unspecified atom stereocenters. The lowest BCUT2D eigenvalue weighted by Gasteiger charge is -1.99. The first-order valence-electron chi connectivity index (χ1n) is 5.93. The lowest BCUT2D eigenvalue weighted by atomic mass is 10.1. The summed E-state index contributed by atoms with van der Waals surface area (Å²) < 4.78 is 5.45. The summed E-state index contributed by atoms with van der Waals surface area (Å²) in [5, 5.41) is 5.14. The van der Waals surface area contributed by atoms with Gasteiger partial charge in [-0.25, -0.2) is 0 Å². The summed E-state index contributed by atoms with van der Waals surface area (Å²) in [5.74, 6) is 0.813. The summed E-state index contributed by atoms with van der Waals surface area (Å²) in [6, 6.07) is 14.2. The number of fused-ring (bicyclic) bond motifs is 1. The van der Waals surface area contributed by atoms with Gasteiger partial charge in [0.05, 0.1) is 0 Å². The molecular weight excluding hydrogens is 224 g/mol. The number of hydrogen-bond acceptors (Lipinski definition) is 3. The summed E-state index contributed by atoms with van der Waals surface area (Å²) in [4.78, 5) is 0. The molecule has 2 aromatic carbocycles. The Labute approximate surface area is 105 Å². The van der Waals surface area contributed by atoms with Gasteiger partial charge in [0.2, 0.25) is 0 Å². The van der Waals surface area contributed by atoms with Crippen LogP contribution in [-0.4, -0.2) is 5.16 Å². The summed E-state index contributed by atoms with van der Waals surface area (Å²) >= 11 is 0. The fourth-order valence-corrected chi connectivity index (χ4v) is 2.05. The van der Waals surface area contributed by atoms with E-state index in [4.69, 9.17) is 10.3 Å². The Morgan fingerprint density at radius 3 is 2.61 bits per heavy atom. The smallest absolute Gasteiger partial charge is 0.174 e. The number of aromatic nitrogens is 1. The van der Waals surface area contributed by atoms with Crippen molar-refractivity contribution in [3.8, 4) is 11.3 Å². The zero-order valence-corrected chi connectivity index (χ0v) is 10.2. The van der Waals surface area contributed by atoms with Gasteiger partial charge in [0, 0.05) is 17.5 Å². The number of nitrogens with two attached hydrogens (primary N) is 1. The molecule has 0 bridgehead atoms. The zero-order chi connectivity index (χ0) is 12.5. The van der Waals surface area contributed by atoms with Crippen molar-refractivity contribution in [2.24, 2.45) is 5.73 Å². The largest absolute Gasteiger partial charge is 0.355 e. The van der Waals surface area contributed by atoms with Crippen molar-refractivity contribution in [1.82, 2.24) is 5.16 Å². The van der Waals surface area contributed by atoms with Crippen LogP contribution >= 0.6 is 0 Å². The maximum atomic E-state index is 5.59. The van der Waals surface area contributed by atoms with E-state index in [1.165, 1.54) is 5.56 Å². The Bertz CT molecular complexity index is 683. The van der Waals surface area contributed by atoms with Crippen LogP contribution in [0.3, 0.4) is 0 Å². The molecule has 1 aromatic heterocycles. The highest BCUT2D eigenvalue weighted by Crippen LogP contribution is 2.29. The molecule has 2 N–H and O–H groups in total. The van der Waals surface area contributed by atoms with E-state index in [9.17, 15) is 0 Å². The molecule has 3 aromatic rings. The summed E-state index contributed by atoms with van der Waals surface area (Å²) in [6.07, 6.45) is 0. The molecule has 0 amide bonds. The van der Waals surface area contributed by atoms with E-state index in [1.54, 1.807) is 0 Å². The lowest BCUT2D eigenvalue weighted by Crippen LogP contribution is -1.95. The number of aryl methyl sites for hydroxylation is 1. The first-order valence-corrected chi connectivity index (χ1v) is 5.93. The van der Waals surface area contributed by atoms with Gasteiger partial charge in [-0.15, -0.1) is 0 Å². The van der Waals surface area contributed by atoms with Gasteiger partial charge in [-0.2, -0.15) is 0 Å². The van der Waals surface area contributed by atoms with Crippen LogP contribution in [0.2, 0.25) is 0 Å². The van der Waals surface area contributed by atoms with E-state index in [1.807, 2.05) is 43.3 Å². The van der Waals surface area contributed by atoms with Crippen LogP contribution in [0.5, 0.6) is 0 Å². The number of nitrogens with zero attached hydrogens (tertiary/aromatic N) is 1. The van der Waals surface area contributed by atoms with Gasteiger partial charge < -0.3 is 10.3 Å². The third kappa shape index (κ3) is 1.79. The fraction of sp³-hybridized carbons (Fsp3) is 0.133. The average Bonchev–Trinajstić information content (AvgIpc) is 2.81. The van der Waals surface area contributed by atoms with Crippen LogP contribution in [0.1, 0.15) is 11.1 Å². The van der Waals surface area contributed by atoms with Gasteiger partial charge in [-0.3, -0.25) is 0 Å². The highest BCUT2D eigenvalue weighted by molar-refractivity contribution is 5.91. The second-order valence-electron chi connectivity index (χ2n) is 4.43. The molecule has 0 aliphatic heterocycles. The monoisotopic (exact) mass is 238 g/mol. The van der Waals surface area contributed by atoms with Crippen molar-refractivity contribution in [3.05, 3.63) is 53.6 Å². The highest BCUT2D eigenvalue weighted by atomic mass is 16.5. The Kier molecular flexibility index (Phi) is 2.61. The number of rotatable bonds is 2. The third-order valence-electron chi connectivity index (χ3n) is 3.08. The van der Waals surface area contributed by atoms with Crippen molar-refractivity contribution in [2.45, 2.75) is 13.5 Å². The minimum atomic E-state index is 0.552. The van der Waals surface area contributed by atoms with Gasteiger partial charge in [-0.1, -0.05) is 35.5 Å². The predicted octanol–water partition coefficient (Wildman–Crippen LogP) is 3.26. The Morgan fingerprint density at radius 2 is 1.89 bits per heavy atom. The van der Waals surface area contributed by atoms with Crippen LogP contribution in [0.4, 0.5) is 0 Å². The standard InChI is InChI=1S/C15H14N2O/c1-10-2-7-13-14(8-10)17-18-15(13)12-5-3-11(9-16)4-6-12/h2-8H,9,16H2,1H3. The van der Waals surface area contributed by atoms with Crippen LogP contribution < -0.4 is 5.73 Å². The normalized spacial score (nSPS) is 11.0. The molecule has 3 rings (SSSR count). The fourth-order valence-electron chi connectivity index (χ4n) is 2.05. The second-order valence-corrected chi connectivity index (χ2v) is 4.43. The molecule has 3 nitrogen and oxygen atoms in total. The van der Waals surface area contributed by atoms with Crippen LogP contribution in [0.25, 0.3) is 22.2 Å². The molecule has 90 valence electrons. The topological polar surface area (TPSA) is 52.0 Å². The SMILES string of the molecule is Cc1ccc2c(-c3ccc(CN)cc3)onc2c1. The minimum absolute atomic E-state index is 0.552. The molecule has 0 radical (unpaired) electrons. The molecule has 0 aliphatic rings. The van der Waals surface area contributed by atoms with E-state index in [-0.39, 0.29) is 0 Å². The van der Waals surface area contributed by atoms with E-state index in [0.29, 0.717) is 6.54 Å². The van der Waals surface area contributed by atoms with E-state index in [2.05, 4.69) is 11.2 Å². The second kappa shape index (κ2) is 4.27. The molecule has 1 heterocycles. The van der Waals surface area contributed by atoms with Gasteiger partial charge in [0.25, 0.3) is 0 Å². The van der Waals surface area contributed by atoms with Crippen molar-refractivity contribution in [2.75, 3.05) is 0 Å². The van der Waals surface area contributed by atoms with Gasteiger partial charge in [0.15, 0.2) is 5.76 Å². The molecule has 0 spiro atoms. The maximum Gasteiger partial charge on any atom is 0.174 e. The molecule has 18 heavy (non-hydrogen) atoms. The van der Waals surface area contributed by atoms with Gasteiger partial charge in [0.1, 0.15) is 5.52 Å². The number of benzene rings is 2. The first kappa shape index (κ1) is 11.0. The number of hydrogen-bond donors (Lipinski definition) is 1. The van der Waals surface area contributed by atoms with Crippen molar-refractivity contribution in [3.63, 3.8) is 0 Å². The van der Waals surface area contributed by atoms with Crippen LogP contribution in [0, 0.1) is 6.92 Å². The molecule has 3 heteroatoms. The quantitative estimate of drug-likeness (QED) is 0.745. The molecule has 0 saturated heterocycles. The van der Waals surface area contributed by atoms with Crippen molar-refractivity contribution < 1.29 is 4.52 Å². The Balaban J connectivity index is 2.13. The minimum Gasteiger partial charge on any atom is -0.355 e. The lowest BCUT2D eigenvalue weighted by molar-refractivity contribution is 0.441. The molecular formula is C15H14N2O. The van der Waals surface area contributed by atoms with Crippen molar-refractivity contribution >= 4 is 10.9 Å². The molecule has 0 saturated carbocycles. The highest BCUT2D eigenvalue weighted by Gasteiger charge is 2.10. The van der Waals surface area contributed by atoms with Crippen molar-refractivity contribution in [1.29, 1.82) is 0 Å². The molecule has 0 fully saturated rings. The molecule has 0 atom stereocenters. The average molecular weight is 238 g/mol. The van der Waals surface area contributed by atoms with E-state index in [0.717, 1.165) is 27.8 Å². The summed E-state index contributed by atoms with van der Waals surface area (Å²) in [5.41, 5.74) is 9.80. The van der Waals surface area contributed by atoms with Gasteiger partial charge in [-0.05, 0) is 30.2 Å². The van der Waals surface area contributed by atoms with Gasteiger partial charge >= 0.3 is 0 Å². The summed E-state index contributed by atoms with van der Waals surface area (Å²) in [7, 11) is 0. The first-order chi connectivity index (χ1) is 8.78. The van der Waals surface area contributed by atoms with E-state index < -0.39 is 0 Å². The summed E-state index contributed by atoms with van der Waals surface area (Å²) in [6.45, 7) is 2.60. The van der Waals surface area contributed by atoms with Crippen LogP contribution in [-0.2, 0) is 6.54 Å².